The van der Waals surface area contributed by atoms with Crippen molar-refractivity contribution in [2.24, 2.45) is 5.90 Å². The van der Waals surface area contributed by atoms with Crippen LogP contribution < -0.4 is 5.90 Å². The Hall–Kier alpha value is -3.30. The minimum Gasteiger partial charge on any atom is -0.508 e. The number of hydrogen-bond donors (Lipinski definition) is 2. The predicted molar refractivity (Wildman–Crippen MR) is 107 cm³/mol. The van der Waals surface area contributed by atoms with E-state index < -0.39 is 0 Å². The Kier molecular flexibility index (Phi) is 5.20. The van der Waals surface area contributed by atoms with Gasteiger partial charge in [0.25, 0.3) is 0 Å². The first-order chi connectivity index (χ1) is 12.6. The van der Waals surface area contributed by atoms with Crippen molar-refractivity contribution < 1.29 is 9.94 Å². The molecular weight excluding hydrogens is 322 g/mol. The molecular formula is C23H21NO2. The Labute approximate surface area is 153 Å². The van der Waals surface area contributed by atoms with Gasteiger partial charge in [0, 0.05) is 11.1 Å². The standard InChI is InChI=1S/C23H21NO2/c1-16-8-6-7-11-21(16)22(17(2)18-9-4-3-5-10-18)23(26-24)19-12-14-20(25)15-13-19/h3-15,25H,2,24H2,1H3/b23-22+. The summed E-state index contributed by atoms with van der Waals surface area (Å²) < 4.78 is 0. The molecule has 0 heterocycles. The molecule has 0 saturated carbocycles. The first-order valence-electron chi connectivity index (χ1n) is 8.33. The summed E-state index contributed by atoms with van der Waals surface area (Å²) in [5, 5.41) is 9.59. The van der Waals surface area contributed by atoms with Gasteiger partial charge in [0.05, 0.1) is 0 Å². The Morgan fingerprint density at radius 1 is 0.846 bits per heavy atom. The van der Waals surface area contributed by atoms with Gasteiger partial charge in [0.15, 0.2) is 5.76 Å². The number of nitrogens with two attached hydrogens (primary N) is 1. The summed E-state index contributed by atoms with van der Waals surface area (Å²) in [6.07, 6.45) is 0. The van der Waals surface area contributed by atoms with Crippen molar-refractivity contribution in [1.29, 1.82) is 0 Å². The van der Waals surface area contributed by atoms with E-state index in [9.17, 15) is 5.11 Å². The molecule has 3 heteroatoms. The van der Waals surface area contributed by atoms with Crippen LogP contribution in [0.15, 0.2) is 85.4 Å². The van der Waals surface area contributed by atoms with Gasteiger partial charge in [-0.05, 0) is 53.5 Å². The molecule has 0 atom stereocenters. The number of phenols is 1. The maximum Gasteiger partial charge on any atom is 0.162 e. The third kappa shape index (κ3) is 3.53. The Morgan fingerprint density at radius 2 is 1.46 bits per heavy atom. The van der Waals surface area contributed by atoms with Gasteiger partial charge in [-0.1, -0.05) is 61.2 Å². The topological polar surface area (TPSA) is 55.5 Å². The van der Waals surface area contributed by atoms with E-state index in [0.717, 1.165) is 33.4 Å². The average molecular weight is 343 g/mol. The SMILES string of the molecule is C=C(/C(=C(\ON)c1ccc(O)cc1)c1ccccc1C)c1ccccc1. The van der Waals surface area contributed by atoms with Gasteiger partial charge < -0.3 is 9.94 Å². The number of allylic oxidation sites excluding steroid dienone is 2. The van der Waals surface area contributed by atoms with Gasteiger partial charge in [-0.25, -0.2) is 0 Å². The summed E-state index contributed by atoms with van der Waals surface area (Å²) in [6.45, 7) is 6.35. The lowest BCUT2D eigenvalue weighted by atomic mass is 9.88. The summed E-state index contributed by atoms with van der Waals surface area (Å²) in [4.78, 5) is 5.33. The van der Waals surface area contributed by atoms with Crippen LogP contribution in [0.5, 0.6) is 5.75 Å². The fourth-order valence-corrected chi connectivity index (χ4v) is 2.94. The lowest BCUT2D eigenvalue weighted by Gasteiger charge is -2.18. The molecule has 0 radical (unpaired) electrons. The molecule has 0 bridgehead atoms. The van der Waals surface area contributed by atoms with Gasteiger partial charge in [-0.15, -0.1) is 0 Å². The number of phenolic OH excluding ortho intramolecular Hbond substituents is 1. The molecule has 0 aliphatic heterocycles. The summed E-state index contributed by atoms with van der Waals surface area (Å²) in [5.74, 6) is 6.38. The minimum absolute atomic E-state index is 0.185. The molecule has 3 nitrogen and oxygen atoms in total. The van der Waals surface area contributed by atoms with Crippen LogP contribution >= 0.6 is 0 Å². The molecule has 3 N–H and O–H groups in total. The Balaban J connectivity index is 2.27. The lowest BCUT2D eigenvalue weighted by molar-refractivity contribution is 0.292. The number of hydrogen-bond acceptors (Lipinski definition) is 3. The van der Waals surface area contributed by atoms with Crippen LogP contribution in [0.4, 0.5) is 0 Å². The Morgan fingerprint density at radius 3 is 2.08 bits per heavy atom. The van der Waals surface area contributed by atoms with E-state index in [1.165, 1.54) is 0 Å². The van der Waals surface area contributed by atoms with Gasteiger partial charge in [0.2, 0.25) is 0 Å². The van der Waals surface area contributed by atoms with Crippen LogP contribution in [-0.2, 0) is 4.84 Å². The first-order valence-corrected chi connectivity index (χ1v) is 8.33. The molecule has 0 aliphatic rings. The van der Waals surface area contributed by atoms with Gasteiger partial charge >= 0.3 is 0 Å². The van der Waals surface area contributed by atoms with E-state index in [4.69, 9.17) is 10.7 Å². The second-order valence-electron chi connectivity index (χ2n) is 6.03. The quantitative estimate of drug-likeness (QED) is 0.291. The van der Waals surface area contributed by atoms with Gasteiger partial charge in [-0.3, -0.25) is 0 Å². The van der Waals surface area contributed by atoms with Crippen LogP contribution in [0.25, 0.3) is 16.9 Å². The molecule has 0 fully saturated rings. The molecule has 0 aromatic heterocycles. The smallest absolute Gasteiger partial charge is 0.162 e. The maximum atomic E-state index is 9.59. The summed E-state index contributed by atoms with van der Waals surface area (Å²) >= 11 is 0. The average Bonchev–Trinajstić information content (AvgIpc) is 2.68. The fourth-order valence-electron chi connectivity index (χ4n) is 2.94. The third-order valence-corrected chi connectivity index (χ3v) is 4.31. The predicted octanol–water partition coefficient (Wildman–Crippen LogP) is 5.17. The summed E-state index contributed by atoms with van der Waals surface area (Å²) in [5.41, 5.74) is 5.47. The summed E-state index contributed by atoms with van der Waals surface area (Å²) in [7, 11) is 0. The zero-order chi connectivity index (χ0) is 18.5. The van der Waals surface area contributed by atoms with Crippen molar-refractivity contribution in [2.75, 3.05) is 0 Å². The molecule has 130 valence electrons. The van der Waals surface area contributed by atoms with E-state index in [1.54, 1.807) is 24.3 Å². The molecule has 3 rings (SSSR count). The third-order valence-electron chi connectivity index (χ3n) is 4.31. The van der Waals surface area contributed by atoms with E-state index in [1.807, 2.05) is 61.5 Å². The largest absolute Gasteiger partial charge is 0.508 e. The number of aromatic hydroxyl groups is 1. The first kappa shape index (κ1) is 17.5. The van der Waals surface area contributed by atoms with Crippen molar-refractivity contribution >= 4 is 16.9 Å². The normalized spacial score (nSPS) is 11.6. The molecule has 0 spiro atoms. The van der Waals surface area contributed by atoms with Crippen molar-refractivity contribution in [1.82, 2.24) is 0 Å². The molecule has 3 aromatic carbocycles. The number of benzene rings is 3. The van der Waals surface area contributed by atoms with Crippen molar-refractivity contribution in [3.63, 3.8) is 0 Å². The van der Waals surface area contributed by atoms with Gasteiger partial charge in [0.1, 0.15) is 5.75 Å². The highest BCUT2D eigenvalue weighted by atomic mass is 16.6. The lowest BCUT2D eigenvalue weighted by Crippen LogP contribution is -2.04. The number of aryl methyl sites for hydroxylation is 1. The number of rotatable bonds is 5. The highest BCUT2D eigenvalue weighted by Gasteiger charge is 2.19. The van der Waals surface area contributed by atoms with Crippen molar-refractivity contribution in [3.8, 4) is 5.75 Å². The van der Waals surface area contributed by atoms with Crippen LogP contribution in [0.1, 0.15) is 22.3 Å². The molecule has 0 amide bonds. The molecule has 26 heavy (non-hydrogen) atoms. The Bertz CT molecular complexity index is 941. The zero-order valence-corrected chi connectivity index (χ0v) is 14.6. The van der Waals surface area contributed by atoms with Gasteiger partial charge in [-0.2, -0.15) is 5.90 Å². The minimum atomic E-state index is 0.185. The van der Waals surface area contributed by atoms with E-state index in [0.29, 0.717) is 5.76 Å². The second kappa shape index (κ2) is 7.72. The second-order valence-corrected chi connectivity index (χ2v) is 6.03. The van der Waals surface area contributed by atoms with Crippen LogP contribution in [0, 0.1) is 6.92 Å². The van der Waals surface area contributed by atoms with Crippen LogP contribution in [0.3, 0.4) is 0 Å². The zero-order valence-electron chi connectivity index (χ0n) is 14.6. The molecule has 0 aliphatic carbocycles. The van der Waals surface area contributed by atoms with Crippen molar-refractivity contribution in [2.45, 2.75) is 6.92 Å². The molecule has 3 aromatic rings. The van der Waals surface area contributed by atoms with Crippen molar-refractivity contribution in [3.05, 3.63) is 108 Å². The molecule has 0 saturated heterocycles. The van der Waals surface area contributed by atoms with E-state index >= 15 is 0 Å². The van der Waals surface area contributed by atoms with Crippen LogP contribution in [0.2, 0.25) is 0 Å². The summed E-state index contributed by atoms with van der Waals surface area (Å²) in [6, 6.07) is 24.7. The monoisotopic (exact) mass is 343 g/mol. The van der Waals surface area contributed by atoms with E-state index in [2.05, 4.69) is 6.58 Å². The van der Waals surface area contributed by atoms with E-state index in [-0.39, 0.29) is 5.75 Å². The molecule has 0 unspecified atom stereocenters. The fraction of sp³-hybridized carbons (Fsp3) is 0.0435. The highest BCUT2D eigenvalue weighted by Crippen LogP contribution is 2.38. The maximum absolute atomic E-state index is 9.59. The van der Waals surface area contributed by atoms with Crippen LogP contribution in [-0.4, -0.2) is 5.11 Å². The highest BCUT2D eigenvalue weighted by molar-refractivity contribution is 6.13.